The Hall–Kier alpha value is 0.420. The van der Waals surface area contributed by atoms with Gasteiger partial charge in [-0.1, -0.05) is 22.4 Å². The van der Waals surface area contributed by atoms with E-state index in [1.165, 1.54) is 12.8 Å². The molecule has 1 saturated carbocycles. The van der Waals surface area contributed by atoms with Crippen molar-refractivity contribution in [3.63, 3.8) is 0 Å². The van der Waals surface area contributed by atoms with Gasteiger partial charge in [0, 0.05) is 10.5 Å². The van der Waals surface area contributed by atoms with Gasteiger partial charge < -0.3 is 10.5 Å². The van der Waals surface area contributed by atoms with Crippen LogP contribution in [0.4, 0.5) is 0 Å². The molecular weight excluding hydrogens is 426 g/mol. The molecule has 100 valence electrons. The highest BCUT2D eigenvalue weighted by atomic mass is 79.9. The van der Waals surface area contributed by atoms with Crippen molar-refractivity contribution in [2.24, 2.45) is 11.7 Å². The molecule has 0 aromatic heterocycles. The van der Waals surface area contributed by atoms with Crippen LogP contribution in [0.15, 0.2) is 25.6 Å². The van der Waals surface area contributed by atoms with E-state index in [-0.39, 0.29) is 0 Å². The van der Waals surface area contributed by atoms with Crippen LogP contribution >= 0.6 is 47.8 Å². The van der Waals surface area contributed by atoms with Gasteiger partial charge in [0.15, 0.2) is 0 Å². The molecule has 0 aliphatic heterocycles. The van der Waals surface area contributed by atoms with Crippen LogP contribution in [0.25, 0.3) is 0 Å². The van der Waals surface area contributed by atoms with E-state index < -0.39 is 0 Å². The van der Waals surface area contributed by atoms with Crippen molar-refractivity contribution >= 4 is 47.8 Å². The van der Waals surface area contributed by atoms with E-state index in [0.717, 1.165) is 38.6 Å². The van der Waals surface area contributed by atoms with E-state index in [1.807, 2.05) is 12.1 Å². The molecule has 1 aromatic carbocycles. The first-order valence-corrected chi connectivity index (χ1v) is 8.48. The fourth-order valence-electron chi connectivity index (χ4n) is 2.40. The van der Waals surface area contributed by atoms with Crippen molar-refractivity contribution < 1.29 is 4.74 Å². The number of hydrogen-bond donors (Lipinski definition) is 1. The molecular formula is C13H16Br3NO. The van der Waals surface area contributed by atoms with Gasteiger partial charge in [-0.15, -0.1) is 0 Å². The Morgan fingerprint density at radius 2 is 1.83 bits per heavy atom. The third kappa shape index (κ3) is 3.71. The maximum absolute atomic E-state index is 6.06. The summed E-state index contributed by atoms with van der Waals surface area (Å²) in [6.45, 7) is 0.719. The molecule has 2 atom stereocenters. The molecule has 1 aromatic rings. The van der Waals surface area contributed by atoms with Crippen molar-refractivity contribution in [3.8, 4) is 5.75 Å². The van der Waals surface area contributed by atoms with Gasteiger partial charge in [-0.2, -0.15) is 0 Å². The van der Waals surface area contributed by atoms with Gasteiger partial charge in [0.2, 0.25) is 0 Å². The fourth-order valence-corrected chi connectivity index (χ4v) is 4.89. The maximum atomic E-state index is 6.06. The molecule has 2 N–H and O–H groups in total. The molecule has 2 rings (SSSR count). The standard InChI is InChI=1S/C13H16Br3NO/c14-9-6-10(15)13(11(16)7-9)18-5-4-8-2-1-3-12(8)17/h6-8,12H,1-5,17H2. The number of halogens is 3. The van der Waals surface area contributed by atoms with Gasteiger partial charge in [-0.05, 0) is 69.2 Å². The summed E-state index contributed by atoms with van der Waals surface area (Å²) < 4.78 is 8.80. The second-order valence-corrected chi connectivity index (χ2v) is 7.31. The lowest BCUT2D eigenvalue weighted by Gasteiger charge is -2.16. The molecule has 1 aliphatic rings. The Balaban J connectivity index is 1.90. The SMILES string of the molecule is NC1CCCC1CCOc1c(Br)cc(Br)cc1Br. The van der Waals surface area contributed by atoms with Crippen molar-refractivity contribution in [2.75, 3.05) is 6.61 Å². The molecule has 5 heteroatoms. The average molecular weight is 442 g/mol. The van der Waals surface area contributed by atoms with Gasteiger partial charge in [0.1, 0.15) is 5.75 Å². The highest BCUT2D eigenvalue weighted by molar-refractivity contribution is 9.11. The molecule has 0 spiro atoms. The van der Waals surface area contributed by atoms with Crippen LogP contribution < -0.4 is 10.5 Å². The highest BCUT2D eigenvalue weighted by Crippen LogP contribution is 2.37. The summed E-state index contributed by atoms with van der Waals surface area (Å²) in [7, 11) is 0. The van der Waals surface area contributed by atoms with E-state index in [2.05, 4.69) is 47.8 Å². The first-order valence-electron chi connectivity index (χ1n) is 6.11. The lowest BCUT2D eigenvalue weighted by molar-refractivity contribution is 0.268. The Bertz CT molecular complexity index is 402. The summed E-state index contributed by atoms with van der Waals surface area (Å²) in [5.74, 6) is 1.49. The Labute approximate surface area is 133 Å². The quantitative estimate of drug-likeness (QED) is 0.723. The average Bonchev–Trinajstić information content (AvgIpc) is 2.68. The topological polar surface area (TPSA) is 35.2 Å². The minimum atomic E-state index is 0.366. The van der Waals surface area contributed by atoms with Gasteiger partial charge >= 0.3 is 0 Å². The lowest BCUT2D eigenvalue weighted by atomic mass is 10.0. The van der Waals surface area contributed by atoms with Crippen LogP contribution in [0.1, 0.15) is 25.7 Å². The monoisotopic (exact) mass is 439 g/mol. The third-order valence-electron chi connectivity index (χ3n) is 3.42. The predicted octanol–water partition coefficient (Wildman–Crippen LogP) is 4.87. The van der Waals surface area contributed by atoms with E-state index in [0.29, 0.717) is 12.0 Å². The van der Waals surface area contributed by atoms with Crippen molar-refractivity contribution in [1.82, 2.24) is 0 Å². The van der Waals surface area contributed by atoms with Crippen LogP contribution in [0.2, 0.25) is 0 Å². The molecule has 1 fully saturated rings. The van der Waals surface area contributed by atoms with Crippen molar-refractivity contribution in [1.29, 1.82) is 0 Å². The van der Waals surface area contributed by atoms with Crippen LogP contribution in [0.3, 0.4) is 0 Å². The van der Waals surface area contributed by atoms with Crippen LogP contribution in [-0.2, 0) is 0 Å². The van der Waals surface area contributed by atoms with Crippen LogP contribution in [-0.4, -0.2) is 12.6 Å². The van der Waals surface area contributed by atoms with Crippen molar-refractivity contribution in [2.45, 2.75) is 31.7 Å². The Morgan fingerprint density at radius 3 is 2.39 bits per heavy atom. The Morgan fingerprint density at radius 1 is 1.17 bits per heavy atom. The summed E-state index contributed by atoms with van der Waals surface area (Å²) in [6, 6.07) is 4.34. The molecule has 2 unspecified atom stereocenters. The van der Waals surface area contributed by atoms with E-state index >= 15 is 0 Å². The Kier molecular flexibility index (Phi) is 5.54. The molecule has 18 heavy (non-hydrogen) atoms. The summed E-state index contributed by atoms with van der Waals surface area (Å²) >= 11 is 10.5. The third-order valence-corrected chi connectivity index (χ3v) is 5.05. The normalized spacial score (nSPS) is 23.3. The smallest absolute Gasteiger partial charge is 0.147 e. The number of rotatable bonds is 4. The molecule has 2 nitrogen and oxygen atoms in total. The molecule has 1 aliphatic carbocycles. The summed E-state index contributed by atoms with van der Waals surface area (Å²) in [4.78, 5) is 0. The largest absolute Gasteiger partial charge is 0.491 e. The first-order chi connectivity index (χ1) is 8.58. The summed E-state index contributed by atoms with van der Waals surface area (Å²) in [6.07, 6.45) is 4.71. The van der Waals surface area contributed by atoms with Crippen molar-refractivity contribution in [3.05, 3.63) is 25.6 Å². The molecule has 0 heterocycles. The number of benzene rings is 1. The number of ether oxygens (including phenoxy) is 1. The molecule has 0 bridgehead atoms. The highest BCUT2D eigenvalue weighted by Gasteiger charge is 2.23. The molecule has 0 amide bonds. The van der Waals surface area contributed by atoms with Gasteiger partial charge in [0.25, 0.3) is 0 Å². The maximum Gasteiger partial charge on any atom is 0.147 e. The van der Waals surface area contributed by atoms with Gasteiger partial charge in [0.05, 0.1) is 15.6 Å². The zero-order chi connectivity index (χ0) is 13.1. The van der Waals surface area contributed by atoms with Gasteiger partial charge in [-0.3, -0.25) is 0 Å². The predicted molar refractivity (Wildman–Crippen MR) is 85.0 cm³/mol. The minimum absolute atomic E-state index is 0.366. The van der Waals surface area contributed by atoms with Crippen LogP contribution in [0.5, 0.6) is 5.75 Å². The minimum Gasteiger partial charge on any atom is -0.491 e. The number of hydrogen-bond acceptors (Lipinski definition) is 2. The fraction of sp³-hybridized carbons (Fsp3) is 0.538. The van der Waals surface area contributed by atoms with Crippen LogP contribution in [0, 0.1) is 5.92 Å². The second-order valence-electron chi connectivity index (χ2n) is 4.69. The number of nitrogens with two attached hydrogens (primary N) is 1. The van der Waals surface area contributed by atoms with E-state index in [9.17, 15) is 0 Å². The lowest BCUT2D eigenvalue weighted by Crippen LogP contribution is -2.25. The summed E-state index contributed by atoms with van der Waals surface area (Å²) in [5.41, 5.74) is 6.06. The zero-order valence-electron chi connectivity index (χ0n) is 9.96. The summed E-state index contributed by atoms with van der Waals surface area (Å²) in [5, 5.41) is 0. The molecule has 0 radical (unpaired) electrons. The van der Waals surface area contributed by atoms with Gasteiger partial charge in [-0.25, -0.2) is 0 Å². The molecule has 0 saturated heterocycles. The van der Waals surface area contributed by atoms with E-state index in [1.54, 1.807) is 0 Å². The zero-order valence-corrected chi connectivity index (χ0v) is 14.7. The first kappa shape index (κ1) is 14.8. The second kappa shape index (κ2) is 6.73. The van der Waals surface area contributed by atoms with E-state index in [4.69, 9.17) is 10.5 Å².